The van der Waals surface area contributed by atoms with Crippen LogP contribution in [0.1, 0.15) is 40.5 Å². The van der Waals surface area contributed by atoms with Gasteiger partial charge in [0.2, 0.25) is 0 Å². The molecule has 1 fully saturated rings. The lowest BCUT2D eigenvalue weighted by Crippen LogP contribution is -2.41. The lowest BCUT2D eigenvalue weighted by atomic mass is 9.96. The minimum Gasteiger partial charge on any atom is -0.379 e. The summed E-state index contributed by atoms with van der Waals surface area (Å²) in [5, 5.41) is 0. The number of ether oxygens (including phenoxy) is 3. The van der Waals surface area contributed by atoms with Gasteiger partial charge in [0.1, 0.15) is 0 Å². The SMILES string of the molecule is C=CC1(C)CCC(C(C)(C)OCCOCC)O1. The molecule has 2 atom stereocenters. The number of hydrogen-bond acceptors (Lipinski definition) is 3. The van der Waals surface area contributed by atoms with E-state index in [9.17, 15) is 0 Å². The van der Waals surface area contributed by atoms with E-state index in [1.807, 2.05) is 13.0 Å². The summed E-state index contributed by atoms with van der Waals surface area (Å²) in [4.78, 5) is 0. The average Bonchev–Trinajstić information content (AvgIpc) is 2.69. The Morgan fingerprint density at radius 1 is 1.47 bits per heavy atom. The van der Waals surface area contributed by atoms with Gasteiger partial charge in [0, 0.05) is 6.61 Å². The molecular weight excluding hydrogens is 216 g/mol. The van der Waals surface area contributed by atoms with Crippen LogP contribution in [0.15, 0.2) is 12.7 Å². The van der Waals surface area contributed by atoms with Crippen molar-refractivity contribution in [2.45, 2.75) is 57.8 Å². The minimum atomic E-state index is -0.266. The lowest BCUT2D eigenvalue weighted by Gasteiger charge is -2.33. The molecule has 0 aromatic carbocycles. The van der Waals surface area contributed by atoms with Crippen LogP contribution >= 0.6 is 0 Å². The molecule has 1 aliphatic heterocycles. The van der Waals surface area contributed by atoms with Crippen LogP contribution in [0, 0.1) is 0 Å². The molecule has 0 radical (unpaired) electrons. The maximum Gasteiger partial charge on any atom is 0.0888 e. The first kappa shape index (κ1) is 14.7. The van der Waals surface area contributed by atoms with Crippen molar-refractivity contribution in [1.82, 2.24) is 0 Å². The van der Waals surface area contributed by atoms with Gasteiger partial charge in [0.25, 0.3) is 0 Å². The van der Waals surface area contributed by atoms with Crippen molar-refractivity contribution in [3.63, 3.8) is 0 Å². The molecule has 0 N–H and O–H groups in total. The Labute approximate surface area is 105 Å². The summed E-state index contributed by atoms with van der Waals surface area (Å²) in [5.41, 5.74) is -0.455. The van der Waals surface area contributed by atoms with Gasteiger partial charge >= 0.3 is 0 Å². The quantitative estimate of drug-likeness (QED) is 0.507. The maximum absolute atomic E-state index is 6.04. The summed E-state index contributed by atoms with van der Waals surface area (Å²) in [6.45, 7) is 14.1. The second-order valence-electron chi connectivity index (χ2n) is 5.31. The Hall–Kier alpha value is -0.380. The van der Waals surface area contributed by atoms with Crippen molar-refractivity contribution in [1.29, 1.82) is 0 Å². The summed E-state index contributed by atoms with van der Waals surface area (Å²) in [7, 11) is 0. The van der Waals surface area contributed by atoms with Crippen LogP contribution in [0.3, 0.4) is 0 Å². The third-order valence-corrected chi connectivity index (χ3v) is 3.43. The predicted octanol–water partition coefficient (Wildman–Crippen LogP) is 2.94. The highest BCUT2D eigenvalue weighted by Gasteiger charge is 2.42. The van der Waals surface area contributed by atoms with Crippen LogP contribution in [-0.4, -0.2) is 37.1 Å². The fourth-order valence-electron chi connectivity index (χ4n) is 2.10. The molecule has 0 aromatic heterocycles. The maximum atomic E-state index is 6.04. The van der Waals surface area contributed by atoms with E-state index >= 15 is 0 Å². The average molecular weight is 242 g/mol. The van der Waals surface area contributed by atoms with E-state index < -0.39 is 0 Å². The molecular formula is C14H26O3. The second kappa shape index (κ2) is 5.98. The van der Waals surface area contributed by atoms with Crippen LogP contribution in [0.5, 0.6) is 0 Å². The Bertz CT molecular complexity index is 250. The highest BCUT2D eigenvalue weighted by Crippen LogP contribution is 2.37. The fraction of sp³-hybridized carbons (Fsp3) is 0.857. The van der Waals surface area contributed by atoms with Crippen LogP contribution in [0.4, 0.5) is 0 Å². The summed E-state index contributed by atoms with van der Waals surface area (Å²) < 4.78 is 17.2. The van der Waals surface area contributed by atoms with E-state index in [1.165, 1.54) is 0 Å². The largest absolute Gasteiger partial charge is 0.379 e. The molecule has 0 saturated carbocycles. The third-order valence-electron chi connectivity index (χ3n) is 3.43. The lowest BCUT2D eigenvalue weighted by molar-refractivity contribution is -0.140. The van der Waals surface area contributed by atoms with E-state index in [4.69, 9.17) is 14.2 Å². The van der Waals surface area contributed by atoms with Gasteiger partial charge in [-0.25, -0.2) is 0 Å². The first-order valence-electron chi connectivity index (χ1n) is 6.46. The van der Waals surface area contributed by atoms with E-state index in [-0.39, 0.29) is 17.3 Å². The monoisotopic (exact) mass is 242 g/mol. The van der Waals surface area contributed by atoms with Gasteiger partial charge < -0.3 is 14.2 Å². The fourth-order valence-corrected chi connectivity index (χ4v) is 2.10. The van der Waals surface area contributed by atoms with Gasteiger partial charge in [-0.05, 0) is 40.5 Å². The first-order chi connectivity index (χ1) is 7.93. The Kier molecular flexibility index (Phi) is 5.17. The molecule has 1 saturated heterocycles. The molecule has 0 spiro atoms. The van der Waals surface area contributed by atoms with Crippen molar-refractivity contribution < 1.29 is 14.2 Å². The van der Waals surface area contributed by atoms with Crippen LogP contribution in [0.25, 0.3) is 0 Å². The van der Waals surface area contributed by atoms with Crippen molar-refractivity contribution in [3.8, 4) is 0 Å². The highest BCUT2D eigenvalue weighted by atomic mass is 16.6. The summed E-state index contributed by atoms with van der Waals surface area (Å²) >= 11 is 0. The molecule has 17 heavy (non-hydrogen) atoms. The molecule has 2 unspecified atom stereocenters. The smallest absolute Gasteiger partial charge is 0.0888 e. The van der Waals surface area contributed by atoms with Gasteiger partial charge in [-0.1, -0.05) is 6.08 Å². The van der Waals surface area contributed by atoms with Crippen LogP contribution in [-0.2, 0) is 14.2 Å². The molecule has 3 heteroatoms. The molecule has 0 bridgehead atoms. The van der Waals surface area contributed by atoms with E-state index in [0.717, 1.165) is 19.4 Å². The first-order valence-corrected chi connectivity index (χ1v) is 6.46. The van der Waals surface area contributed by atoms with Gasteiger partial charge in [0.15, 0.2) is 0 Å². The third kappa shape index (κ3) is 4.09. The summed E-state index contributed by atoms with van der Waals surface area (Å²) in [5.74, 6) is 0. The normalized spacial score (nSPS) is 29.5. The van der Waals surface area contributed by atoms with Crippen molar-refractivity contribution >= 4 is 0 Å². The van der Waals surface area contributed by atoms with Gasteiger partial charge in [0.05, 0.1) is 30.5 Å². The Balaban J connectivity index is 2.40. The molecule has 3 nitrogen and oxygen atoms in total. The summed E-state index contributed by atoms with van der Waals surface area (Å²) in [6.07, 6.45) is 4.06. The van der Waals surface area contributed by atoms with Crippen molar-refractivity contribution in [2.24, 2.45) is 0 Å². The minimum absolute atomic E-state index is 0.132. The van der Waals surface area contributed by atoms with E-state index in [0.29, 0.717) is 13.2 Å². The molecule has 100 valence electrons. The van der Waals surface area contributed by atoms with Gasteiger partial charge in [-0.2, -0.15) is 0 Å². The Morgan fingerprint density at radius 2 is 2.18 bits per heavy atom. The Morgan fingerprint density at radius 3 is 2.71 bits per heavy atom. The molecule has 1 rings (SSSR count). The zero-order chi connectivity index (χ0) is 12.9. The second-order valence-corrected chi connectivity index (χ2v) is 5.31. The number of rotatable bonds is 7. The van der Waals surface area contributed by atoms with E-state index in [2.05, 4.69) is 27.4 Å². The van der Waals surface area contributed by atoms with Crippen LogP contribution < -0.4 is 0 Å². The van der Waals surface area contributed by atoms with Crippen molar-refractivity contribution in [3.05, 3.63) is 12.7 Å². The van der Waals surface area contributed by atoms with Gasteiger partial charge in [-0.3, -0.25) is 0 Å². The highest BCUT2D eigenvalue weighted by molar-refractivity contribution is 5.01. The molecule has 0 amide bonds. The topological polar surface area (TPSA) is 27.7 Å². The molecule has 0 aromatic rings. The zero-order valence-corrected chi connectivity index (χ0v) is 11.6. The van der Waals surface area contributed by atoms with Crippen molar-refractivity contribution in [2.75, 3.05) is 19.8 Å². The zero-order valence-electron chi connectivity index (χ0n) is 11.6. The standard InChI is InChI=1S/C14H26O3/c1-6-14(5)9-8-12(17-14)13(3,4)16-11-10-15-7-2/h6,12H,1,7-11H2,2-5H3. The predicted molar refractivity (Wildman–Crippen MR) is 69.2 cm³/mol. The number of hydrogen-bond donors (Lipinski definition) is 0. The molecule has 0 aliphatic carbocycles. The van der Waals surface area contributed by atoms with Gasteiger partial charge in [-0.15, -0.1) is 6.58 Å². The molecule has 1 heterocycles. The van der Waals surface area contributed by atoms with Crippen LogP contribution in [0.2, 0.25) is 0 Å². The molecule has 1 aliphatic rings. The summed E-state index contributed by atoms with van der Waals surface area (Å²) in [6, 6.07) is 0. The van der Waals surface area contributed by atoms with E-state index in [1.54, 1.807) is 0 Å².